The Morgan fingerprint density at radius 2 is 1.46 bits per heavy atom. The van der Waals surface area contributed by atoms with Gasteiger partial charge >= 0.3 is 5.97 Å². The number of aliphatic imine (C=N–C) groups is 1. The fraction of sp³-hybridized carbons (Fsp3) is 0.0435. The summed E-state index contributed by atoms with van der Waals surface area (Å²) < 4.78 is 12.3. The van der Waals surface area contributed by atoms with Crippen LogP contribution in [0.1, 0.15) is 16.7 Å². The summed E-state index contributed by atoms with van der Waals surface area (Å²) >= 11 is 6.91. The van der Waals surface area contributed by atoms with Crippen molar-refractivity contribution in [2.24, 2.45) is 4.99 Å². The van der Waals surface area contributed by atoms with Crippen LogP contribution in [0.25, 0.3) is 6.08 Å². The third-order valence-corrected chi connectivity index (χ3v) is 5.98. The maximum atomic E-state index is 12.3. The second-order valence-electron chi connectivity index (χ2n) is 7.17. The van der Waals surface area contributed by atoms with Crippen molar-refractivity contribution in [3.63, 3.8) is 0 Å². The van der Waals surface area contributed by atoms with Crippen LogP contribution in [-0.2, 0) is 16.1 Å². The number of ether oxygens (including phenoxy) is 2. The van der Waals surface area contributed by atoms with Gasteiger partial charge in [-0.2, -0.15) is 0 Å². The Labute approximate surface area is 214 Å². The van der Waals surface area contributed by atoms with E-state index in [0.717, 1.165) is 5.56 Å². The summed E-state index contributed by atoms with van der Waals surface area (Å²) in [5.41, 5.74) is 1.80. The molecule has 0 unspecified atom stereocenters. The first-order valence-corrected chi connectivity index (χ1v) is 11.4. The van der Waals surface area contributed by atoms with Crippen LogP contribution < -0.4 is 4.74 Å². The van der Waals surface area contributed by atoms with Gasteiger partial charge in [0, 0.05) is 29.8 Å². The molecule has 0 aliphatic carbocycles. The van der Waals surface area contributed by atoms with Gasteiger partial charge in [-0.05, 0) is 85.5 Å². The molecule has 0 fully saturated rings. The second kappa shape index (κ2) is 10.2. The smallest absolute Gasteiger partial charge is 0.363 e. The van der Waals surface area contributed by atoms with Crippen LogP contribution in [0.3, 0.4) is 0 Å². The van der Waals surface area contributed by atoms with E-state index in [1.54, 1.807) is 24.3 Å². The van der Waals surface area contributed by atoms with E-state index in [2.05, 4.69) is 36.9 Å². The quantitative estimate of drug-likeness (QED) is 0.141. The lowest BCUT2D eigenvalue weighted by molar-refractivity contribution is -0.385. The minimum Gasteiger partial charge on any atom is -0.487 e. The number of benzene rings is 3. The Morgan fingerprint density at radius 1 is 0.914 bits per heavy atom. The first-order chi connectivity index (χ1) is 16.7. The predicted octanol–water partition coefficient (Wildman–Crippen LogP) is 5.95. The molecule has 3 aromatic carbocycles. The third kappa shape index (κ3) is 5.61. The van der Waals surface area contributed by atoms with Crippen LogP contribution in [0.15, 0.2) is 80.3 Å². The fourth-order valence-electron chi connectivity index (χ4n) is 3.09. The van der Waals surface area contributed by atoms with Gasteiger partial charge in [0.2, 0.25) is 5.90 Å². The molecule has 10 nitrogen and oxygen atoms in total. The highest BCUT2D eigenvalue weighted by Crippen LogP contribution is 2.36. The molecule has 176 valence electrons. The Bertz CT molecular complexity index is 1380. The molecule has 0 radical (unpaired) electrons. The summed E-state index contributed by atoms with van der Waals surface area (Å²) in [5.74, 6) is -0.0870. The molecular formula is C23H13Br2N3O7. The molecule has 0 amide bonds. The molecule has 4 rings (SSSR count). The van der Waals surface area contributed by atoms with Gasteiger partial charge in [-0.15, -0.1) is 0 Å². The van der Waals surface area contributed by atoms with Crippen molar-refractivity contribution in [1.29, 1.82) is 0 Å². The van der Waals surface area contributed by atoms with E-state index >= 15 is 0 Å². The largest absolute Gasteiger partial charge is 0.487 e. The van der Waals surface area contributed by atoms with Crippen LogP contribution in [0.5, 0.6) is 5.75 Å². The summed E-state index contributed by atoms with van der Waals surface area (Å²) in [7, 11) is 0. The molecule has 0 aromatic heterocycles. The molecular weight excluding hydrogens is 590 g/mol. The Hall–Kier alpha value is -3.90. The standard InChI is InChI=1S/C23H13Br2N3O7/c24-18-9-14(10-19(25)21(18)34-12-13-1-5-16(6-2-13)27(30)31)11-20-23(29)35-22(26-20)15-3-7-17(8-4-15)28(32)33/h1-11H,12H2/b20-11-. The fourth-order valence-corrected chi connectivity index (χ4v) is 4.54. The van der Waals surface area contributed by atoms with Crippen molar-refractivity contribution in [3.8, 4) is 5.75 Å². The van der Waals surface area contributed by atoms with Gasteiger partial charge in [0.25, 0.3) is 11.4 Å². The van der Waals surface area contributed by atoms with Gasteiger partial charge in [0.1, 0.15) is 12.4 Å². The molecule has 0 atom stereocenters. The molecule has 1 aliphatic rings. The third-order valence-electron chi connectivity index (χ3n) is 4.80. The van der Waals surface area contributed by atoms with Gasteiger partial charge in [-0.1, -0.05) is 0 Å². The minimum atomic E-state index is -0.649. The lowest BCUT2D eigenvalue weighted by Gasteiger charge is -2.11. The van der Waals surface area contributed by atoms with E-state index in [0.29, 0.717) is 25.8 Å². The molecule has 1 heterocycles. The molecule has 0 saturated heterocycles. The number of nitro groups is 2. The topological polar surface area (TPSA) is 134 Å². The summed E-state index contributed by atoms with van der Waals surface area (Å²) in [5, 5.41) is 21.6. The number of nitrogens with zero attached hydrogens (tertiary/aromatic N) is 3. The highest BCUT2D eigenvalue weighted by Gasteiger charge is 2.25. The highest BCUT2D eigenvalue weighted by molar-refractivity contribution is 9.11. The normalized spacial score (nSPS) is 13.9. The van der Waals surface area contributed by atoms with E-state index < -0.39 is 15.8 Å². The number of halogens is 2. The zero-order valence-corrected chi connectivity index (χ0v) is 20.7. The number of esters is 1. The number of hydrogen-bond donors (Lipinski definition) is 0. The first-order valence-electron chi connectivity index (χ1n) is 9.84. The molecule has 0 spiro atoms. The van der Waals surface area contributed by atoms with Crippen LogP contribution in [0, 0.1) is 20.2 Å². The van der Waals surface area contributed by atoms with Gasteiger partial charge in [0.15, 0.2) is 5.70 Å². The van der Waals surface area contributed by atoms with Gasteiger partial charge < -0.3 is 9.47 Å². The maximum Gasteiger partial charge on any atom is 0.363 e. The van der Waals surface area contributed by atoms with Gasteiger partial charge in [0.05, 0.1) is 18.8 Å². The number of non-ortho nitro benzene ring substituents is 2. The van der Waals surface area contributed by atoms with E-state index in [1.165, 1.54) is 42.5 Å². The highest BCUT2D eigenvalue weighted by atomic mass is 79.9. The van der Waals surface area contributed by atoms with Crippen molar-refractivity contribution in [1.82, 2.24) is 0 Å². The lowest BCUT2D eigenvalue weighted by atomic mass is 10.2. The average Bonchev–Trinajstić information content (AvgIpc) is 3.19. The summed E-state index contributed by atoms with van der Waals surface area (Å²) in [6.07, 6.45) is 1.54. The van der Waals surface area contributed by atoms with Crippen LogP contribution in [-0.4, -0.2) is 21.7 Å². The molecule has 1 aliphatic heterocycles. The van der Waals surface area contributed by atoms with Crippen molar-refractivity contribution in [2.75, 3.05) is 0 Å². The number of hydrogen-bond acceptors (Lipinski definition) is 8. The summed E-state index contributed by atoms with van der Waals surface area (Å²) in [6.45, 7) is 0.185. The first kappa shape index (κ1) is 24.2. The number of carbonyl (C=O) groups excluding carboxylic acids is 1. The number of carbonyl (C=O) groups is 1. The van der Waals surface area contributed by atoms with Gasteiger partial charge in [-0.25, -0.2) is 9.79 Å². The lowest BCUT2D eigenvalue weighted by Crippen LogP contribution is -2.05. The van der Waals surface area contributed by atoms with Crippen molar-refractivity contribution in [3.05, 3.63) is 112 Å². The Balaban J connectivity index is 1.51. The van der Waals surface area contributed by atoms with E-state index in [4.69, 9.17) is 9.47 Å². The van der Waals surface area contributed by atoms with Crippen molar-refractivity contribution >= 4 is 61.2 Å². The summed E-state index contributed by atoms with van der Waals surface area (Å²) in [4.78, 5) is 37.1. The second-order valence-corrected chi connectivity index (χ2v) is 8.87. The molecule has 12 heteroatoms. The van der Waals surface area contributed by atoms with Crippen molar-refractivity contribution in [2.45, 2.75) is 6.61 Å². The Kier molecular flexibility index (Phi) is 7.03. The number of nitro benzene ring substituents is 2. The maximum absolute atomic E-state index is 12.3. The van der Waals surface area contributed by atoms with Crippen LogP contribution >= 0.6 is 31.9 Å². The molecule has 0 N–H and O–H groups in total. The zero-order valence-electron chi connectivity index (χ0n) is 17.5. The number of rotatable bonds is 7. The van der Waals surface area contributed by atoms with Gasteiger partial charge in [-0.3, -0.25) is 20.2 Å². The average molecular weight is 603 g/mol. The van der Waals surface area contributed by atoms with E-state index in [1.807, 2.05) is 0 Å². The number of cyclic esters (lactones) is 1. The predicted molar refractivity (Wildman–Crippen MR) is 133 cm³/mol. The monoisotopic (exact) mass is 601 g/mol. The Morgan fingerprint density at radius 3 is 2.00 bits per heavy atom. The molecule has 35 heavy (non-hydrogen) atoms. The van der Waals surface area contributed by atoms with Crippen LogP contribution in [0.4, 0.5) is 11.4 Å². The summed E-state index contributed by atoms with van der Waals surface area (Å²) in [6, 6.07) is 15.0. The van der Waals surface area contributed by atoms with E-state index in [-0.39, 0.29) is 29.6 Å². The molecule has 0 bridgehead atoms. The van der Waals surface area contributed by atoms with Crippen LogP contribution in [0.2, 0.25) is 0 Å². The zero-order chi connectivity index (χ0) is 25.1. The van der Waals surface area contributed by atoms with E-state index in [9.17, 15) is 25.0 Å². The van der Waals surface area contributed by atoms with Crippen molar-refractivity contribution < 1.29 is 24.1 Å². The minimum absolute atomic E-state index is 0.00154. The molecule has 0 saturated carbocycles. The molecule has 3 aromatic rings. The SMILES string of the molecule is O=C1OC(c2ccc([N+](=O)[O-])cc2)=N/C1=C\c1cc(Br)c(OCc2ccc([N+](=O)[O-])cc2)c(Br)c1.